The molecular weight excluding hydrogens is 312 g/mol. The fourth-order valence-electron chi connectivity index (χ4n) is 1.47. The number of hydrogen-bond acceptors (Lipinski definition) is 2. The predicted molar refractivity (Wildman–Crippen MR) is 75.8 cm³/mol. The number of benzene rings is 1. The Morgan fingerprint density at radius 1 is 1.26 bits per heavy atom. The van der Waals surface area contributed by atoms with Crippen molar-refractivity contribution in [1.82, 2.24) is 10.6 Å². The minimum atomic E-state index is -0.893. The molecule has 5 nitrogen and oxygen atoms in total. The maximum atomic E-state index is 11.5. The van der Waals surface area contributed by atoms with E-state index in [1.54, 1.807) is 6.92 Å². The Kier molecular flexibility index (Phi) is 6.35. The third-order valence-electron chi connectivity index (χ3n) is 2.72. The lowest BCUT2D eigenvalue weighted by Gasteiger charge is -2.12. The van der Waals surface area contributed by atoms with Gasteiger partial charge in [0.05, 0.1) is 5.92 Å². The molecular formula is C13H17BrN2O3. The van der Waals surface area contributed by atoms with Crippen LogP contribution in [0.15, 0.2) is 28.7 Å². The van der Waals surface area contributed by atoms with Crippen molar-refractivity contribution in [2.24, 2.45) is 5.92 Å². The number of rotatable bonds is 6. The number of aliphatic carboxylic acids is 1. The molecule has 19 heavy (non-hydrogen) atoms. The lowest BCUT2D eigenvalue weighted by atomic mass is 10.1. The zero-order valence-corrected chi connectivity index (χ0v) is 12.2. The maximum absolute atomic E-state index is 11.5. The van der Waals surface area contributed by atoms with Crippen molar-refractivity contribution in [1.29, 1.82) is 0 Å². The molecule has 0 heterocycles. The van der Waals surface area contributed by atoms with E-state index in [4.69, 9.17) is 5.11 Å². The molecule has 1 aromatic carbocycles. The number of halogens is 1. The number of nitrogens with one attached hydrogen (secondary N) is 2. The lowest BCUT2D eigenvalue weighted by molar-refractivity contribution is -0.141. The van der Waals surface area contributed by atoms with Crippen LogP contribution in [0.25, 0.3) is 0 Å². The van der Waals surface area contributed by atoms with Gasteiger partial charge in [-0.15, -0.1) is 0 Å². The molecule has 6 heteroatoms. The Morgan fingerprint density at radius 3 is 2.42 bits per heavy atom. The minimum absolute atomic E-state index is 0.137. The van der Waals surface area contributed by atoms with E-state index < -0.39 is 11.9 Å². The average molecular weight is 329 g/mol. The molecule has 0 spiro atoms. The molecule has 1 rings (SSSR count). The van der Waals surface area contributed by atoms with Gasteiger partial charge in [0.1, 0.15) is 0 Å². The van der Waals surface area contributed by atoms with Gasteiger partial charge in [0.15, 0.2) is 0 Å². The molecule has 0 aromatic heterocycles. The van der Waals surface area contributed by atoms with Crippen LogP contribution in [0.4, 0.5) is 4.79 Å². The summed E-state index contributed by atoms with van der Waals surface area (Å²) in [6.45, 7) is 2.32. The van der Waals surface area contributed by atoms with E-state index in [0.717, 1.165) is 10.0 Å². The van der Waals surface area contributed by atoms with Crippen LogP contribution in [0.3, 0.4) is 0 Å². The largest absolute Gasteiger partial charge is 0.481 e. The Balaban J connectivity index is 2.31. The van der Waals surface area contributed by atoms with E-state index in [9.17, 15) is 9.59 Å². The number of carbonyl (C=O) groups is 2. The summed E-state index contributed by atoms with van der Waals surface area (Å²) in [5.74, 6) is -1.44. The highest BCUT2D eigenvalue weighted by Crippen LogP contribution is 2.10. The van der Waals surface area contributed by atoms with Crippen molar-refractivity contribution in [3.05, 3.63) is 34.3 Å². The van der Waals surface area contributed by atoms with Crippen molar-refractivity contribution in [2.45, 2.75) is 19.9 Å². The monoisotopic (exact) mass is 328 g/mol. The van der Waals surface area contributed by atoms with Crippen LogP contribution in [0.5, 0.6) is 0 Å². The second-order valence-corrected chi connectivity index (χ2v) is 5.05. The zero-order chi connectivity index (χ0) is 14.3. The summed E-state index contributed by atoms with van der Waals surface area (Å²) in [6, 6.07) is 7.23. The molecule has 0 saturated heterocycles. The Labute approximate surface area is 120 Å². The van der Waals surface area contributed by atoms with Crippen molar-refractivity contribution in [2.75, 3.05) is 6.54 Å². The summed E-state index contributed by atoms with van der Waals surface area (Å²) in [6.07, 6.45) is 0.488. The van der Waals surface area contributed by atoms with E-state index in [0.29, 0.717) is 13.0 Å². The molecule has 1 atom stereocenters. The SMILES string of the molecule is CCC(CNC(=O)NCc1ccc(Br)cc1)C(=O)O. The summed E-state index contributed by atoms with van der Waals surface area (Å²) in [5.41, 5.74) is 0.976. The van der Waals surface area contributed by atoms with Crippen LogP contribution in [0, 0.1) is 5.92 Å². The first-order chi connectivity index (χ1) is 9.02. The predicted octanol–water partition coefficient (Wildman–Crippen LogP) is 2.36. The van der Waals surface area contributed by atoms with Gasteiger partial charge in [-0.1, -0.05) is 35.0 Å². The van der Waals surface area contributed by atoms with Crippen molar-refractivity contribution in [3.8, 4) is 0 Å². The highest BCUT2D eigenvalue weighted by Gasteiger charge is 2.15. The van der Waals surface area contributed by atoms with Gasteiger partial charge in [-0.3, -0.25) is 4.79 Å². The summed E-state index contributed by atoms with van der Waals surface area (Å²) in [5, 5.41) is 14.1. The molecule has 1 aromatic rings. The summed E-state index contributed by atoms with van der Waals surface area (Å²) in [7, 11) is 0. The molecule has 0 aliphatic heterocycles. The molecule has 0 bridgehead atoms. The molecule has 0 aliphatic carbocycles. The van der Waals surface area contributed by atoms with Crippen molar-refractivity contribution < 1.29 is 14.7 Å². The Hall–Kier alpha value is -1.56. The van der Waals surface area contributed by atoms with Crippen molar-refractivity contribution >= 4 is 27.9 Å². The van der Waals surface area contributed by atoms with E-state index >= 15 is 0 Å². The average Bonchev–Trinajstić information content (AvgIpc) is 2.38. The molecule has 2 amide bonds. The number of hydrogen-bond donors (Lipinski definition) is 3. The van der Waals surface area contributed by atoms with Gasteiger partial charge >= 0.3 is 12.0 Å². The molecule has 0 radical (unpaired) electrons. The normalized spacial score (nSPS) is 11.7. The van der Waals surface area contributed by atoms with E-state index in [1.807, 2.05) is 24.3 Å². The second kappa shape index (κ2) is 7.78. The first-order valence-electron chi connectivity index (χ1n) is 6.02. The molecule has 0 fully saturated rings. The molecule has 3 N–H and O–H groups in total. The highest BCUT2D eigenvalue weighted by atomic mass is 79.9. The van der Waals surface area contributed by atoms with Gasteiger partial charge in [-0.25, -0.2) is 4.79 Å². The molecule has 104 valence electrons. The molecule has 1 unspecified atom stereocenters. The van der Waals surface area contributed by atoms with E-state index in [1.165, 1.54) is 0 Å². The third kappa shape index (κ3) is 5.74. The minimum Gasteiger partial charge on any atom is -0.481 e. The fraction of sp³-hybridized carbons (Fsp3) is 0.385. The van der Waals surface area contributed by atoms with Crippen LogP contribution in [-0.2, 0) is 11.3 Å². The lowest BCUT2D eigenvalue weighted by Crippen LogP contribution is -2.39. The quantitative estimate of drug-likeness (QED) is 0.750. The van der Waals surface area contributed by atoms with Gasteiger partial charge in [0, 0.05) is 17.6 Å². The van der Waals surface area contributed by atoms with E-state index in [-0.39, 0.29) is 12.6 Å². The first kappa shape index (κ1) is 15.5. The van der Waals surface area contributed by atoms with Crippen molar-refractivity contribution in [3.63, 3.8) is 0 Å². The van der Waals surface area contributed by atoms with Crippen LogP contribution in [-0.4, -0.2) is 23.7 Å². The number of carboxylic acids is 1. The first-order valence-corrected chi connectivity index (χ1v) is 6.81. The second-order valence-electron chi connectivity index (χ2n) is 4.13. The molecule has 0 saturated carbocycles. The van der Waals surface area contributed by atoms with Crippen LogP contribution < -0.4 is 10.6 Å². The zero-order valence-electron chi connectivity index (χ0n) is 10.6. The van der Waals surface area contributed by atoms with Gasteiger partial charge in [-0.2, -0.15) is 0 Å². The number of carboxylic acid groups (broad SMARTS) is 1. The van der Waals surface area contributed by atoms with E-state index in [2.05, 4.69) is 26.6 Å². The highest BCUT2D eigenvalue weighted by molar-refractivity contribution is 9.10. The van der Waals surface area contributed by atoms with Crippen LogP contribution in [0.1, 0.15) is 18.9 Å². The third-order valence-corrected chi connectivity index (χ3v) is 3.25. The van der Waals surface area contributed by atoms with Gasteiger partial charge in [-0.05, 0) is 24.1 Å². The maximum Gasteiger partial charge on any atom is 0.315 e. The standard InChI is InChI=1S/C13H17BrN2O3/c1-2-10(12(17)18)8-16-13(19)15-7-9-3-5-11(14)6-4-9/h3-6,10H,2,7-8H2,1H3,(H,17,18)(H2,15,16,19). The molecule has 0 aliphatic rings. The number of carbonyl (C=O) groups excluding carboxylic acids is 1. The van der Waals surface area contributed by atoms with Crippen LogP contribution >= 0.6 is 15.9 Å². The number of urea groups is 1. The van der Waals surface area contributed by atoms with Crippen LogP contribution in [0.2, 0.25) is 0 Å². The summed E-state index contributed by atoms with van der Waals surface area (Å²) < 4.78 is 0.980. The fourth-order valence-corrected chi connectivity index (χ4v) is 1.73. The number of amides is 2. The van der Waals surface area contributed by atoms with Gasteiger partial charge in [0.2, 0.25) is 0 Å². The smallest absolute Gasteiger partial charge is 0.315 e. The van der Waals surface area contributed by atoms with Gasteiger partial charge < -0.3 is 15.7 Å². The topological polar surface area (TPSA) is 78.4 Å². The Morgan fingerprint density at radius 2 is 1.89 bits per heavy atom. The summed E-state index contributed by atoms with van der Waals surface area (Å²) in [4.78, 5) is 22.3. The van der Waals surface area contributed by atoms with Gasteiger partial charge in [0.25, 0.3) is 0 Å². The summed E-state index contributed by atoms with van der Waals surface area (Å²) >= 11 is 3.33. The Bertz CT molecular complexity index is 434.